The van der Waals surface area contributed by atoms with E-state index in [4.69, 9.17) is 5.73 Å². The monoisotopic (exact) mass is 382 g/mol. The number of amides is 2. The first-order chi connectivity index (χ1) is 13.2. The number of hydrogen-bond donors (Lipinski definition) is 3. The Bertz CT molecular complexity index is 1090. The SMILES string of the molecule is CC(=O)c1cc(NC(=O)c2cc(NC(=O)c3cc(N)cn3C)cn2C)cn1C. The summed E-state index contributed by atoms with van der Waals surface area (Å²) in [7, 11) is 5.17. The van der Waals surface area contributed by atoms with Gasteiger partial charge in [-0.2, -0.15) is 0 Å². The lowest BCUT2D eigenvalue weighted by atomic mass is 10.3. The van der Waals surface area contributed by atoms with Crippen molar-refractivity contribution in [1.29, 1.82) is 0 Å². The standard InChI is InChI=1S/C19H22N6O3/c1-11(26)15-6-13(9-24(15)3)21-19(28)17-7-14(10-25(17)4)22-18(27)16-5-12(20)8-23(16)2/h5-10H,20H2,1-4H3,(H,21,28)(H,22,27). The van der Waals surface area contributed by atoms with Gasteiger partial charge in [0.2, 0.25) is 0 Å². The van der Waals surface area contributed by atoms with E-state index < -0.39 is 0 Å². The molecule has 3 aromatic heterocycles. The average molecular weight is 382 g/mol. The number of nitrogen functional groups attached to an aromatic ring is 1. The number of aromatic nitrogens is 3. The summed E-state index contributed by atoms with van der Waals surface area (Å²) in [5.74, 6) is -0.772. The van der Waals surface area contributed by atoms with Crippen molar-refractivity contribution in [1.82, 2.24) is 13.7 Å². The van der Waals surface area contributed by atoms with E-state index in [9.17, 15) is 14.4 Å². The molecule has 0 spiro atoms. The fourth-order valence-corrected chi connectivity index (χ4v) is 3.05. The third-order valence-electron chi connectivity index (χ3n) is 4.38. The molecule has 3 aromatic rings. The van der Waals surface area contributed by atoms with Gasteiger partial charge in [-0.15, -0.1) is 0 Å². The Morgan fingerprint density at radius 1 is 0.750 bits per heavy atom. The predicted octanol–water partition coefficient (Wildman–Crippen LogP) is 1.99. The van der Waals surface area contributed by atoms with E-state index in [0.717, 1.165) is 0 Å². The lowest BCUT2D eigenvalue weighted by Crippen LogP contribution is -2.15. The van der Waals surface area contributed by atoms with Gasteiger partial charge in [-0.1, -0.05) is 0 Å². The third-order valence-corrected chi connectivity index (χ3v) is 4.38. The van der Waals surface area contributed by atoms with Gasteiger partial charge < -0.3 is 30.1 Å². The van der Waals surface area contributed by atoms with Crippen molar-refractivity contribution in [2.24, 2.45) is 21.1 Å². The zero-order valence-electron chi connectivity index (χ0n) is 16.1. The summed E-state index contributed by atoms with van der Waals surface area (Å²) < 4.78 is 4.89. The average Bonchev–Trinajstić information content (AvgIpc) is 3.24. The fourth-order valence-electron chi connectivity index (χ4n) is 3.05. The van der Waals surface area contributed by atoms with E-state index in [1.165, 1.54) is 6.92 Å². The summed E-state index contributed by atoms with van der Waals surface area (Å²) in [5, 5.41) is 5.52. The molecule has 0 fully saturated rings. The number of nitrogens with zero attached hydrogens (tertiary/aromatic N) is 3. The highest BCUT2D eigenvalue weighted by molar-refractivity contribution is 6.07. The molecule has 4 N–H and O–H groups in total. The molecule has 0 atom stereocenters. The van der Waals surface area contributed by atoms with E-state index in [0.29, 0.717) is 34.1 Å². The van der Waals surface area contributed by atoms with E-state index >= 15 is 0 Å². The van der Waals surface area contributed by atoms with Crippen LogP contribution in [0.1, 0.15) is 38.4 Å². The van der Waals surface area contributed by atoms with Crippen LogP contribution >= 0.6 is 0 Å². The summed E-state index contributed by atoms with van der Waals surface area (Å²) in [4.78, 5) is 36.5. The molecule has 0 aliphatic carbocycles. The van der Waals surface area contributed by atoms with Gasteiger partial charge in [0.1, 0.15) is 11.4 Å². The summed E-state index contributed by atoms with van der Waals surface area (Å²) in [6.07, 6.45) is 4.96. The number of anilines is 3. The topological polar surface area (TPSA) is 116 Å². The lowest BCUT2D eigenvalue weighted by molar-refractivity contribution is 0.0999. The van der Waals surface area contributed by atoms with Crippen LogP contribution in [0, 0.1) is 0 Å². The van der Waals surface area contributed by atoms with Crippen LogP contribution in [0.15, 0.2) is 36.8 Å². The number of hydrogen-bond acceptors (Lipinski definition) is 4. The highest BCUT2D eigenvalue weighted by Gasteiger charge is 2.17. The quantitative estimate of drug-likeness (QED) is 0.585. The van der Waals surface area contributed by atoms with Gasteiger partial charge in [-0.05, 0) is 18.2 Å². The Labute approximate surface area is 161 Å². The molecule has 0 saturated carbocycles. The predicted molar refractivity (Wildman–Crippen MR) is 107 cm³/mol. The number of carbonyl (C=O) groups is 3. The van der Waals surface area contributed by atoms with Crippen LogP contribution in [0.2, 0.25) is 0 Å². The smallest absolute Gasteiger partial charge is 0.272 e. The molecule has 3 rings (SSSR count). The molecule has 0 aliphatic rings. The van der Waals surface area contributed by atoms with E-state index in [2.05, 4.69) is 10.6 Å². The van der Waals surface area contributed by atoms with Gasteiger partial charge >= 0.3 is 0 Å². The Kier molecular flexibility index (Phi) is 4.83. The van der Waals surface area contributed by atoms with Gasteiger partial charge in [0.25, 0.3) is 11.8 Å². The largest absolute Gasteiger partial charge is 0.397 e. The van der Waals surface area contributed by atoms with Crippen LogP contribution in [0.4, 0.5) is 17.1 Å². The second-order valence-electron chi connectivity index (χ2n) is 6.68. The first kappa shape index (κ1) is 19.0. The van der Waals surface area contributed by atoms with Crippen molar-refractivity contribution in [2.75, 3.05) is 16.4 Å². The molecule has 0 aromatic carbocycles. The van der Waals surface area contributed by atoms with Gasteiger partial charge in [-0.3, -0.25) is 14.4 Å². The van der Waals surface area contributed by atoms with Crippen molar-refractivity contribution < 1.29 is 14.4 Å². The Hall–Kier alpha value is -3.75. The number of Topliss-reactive ketones (excluding diaryl/α,β-unsaturated/α-hetero) is 1. The van der Waals surface area contributed by atoms with Crippen molar-refractivity contribution >= 4 is 34.7 Å². The Balaban J connectivity index is 1.75. The Morgan fingerprint density at radius 3 is 1.61 bits per heavy atom. The highest BCUT2D eigenvalue weighted by Crippen LogP contribution is 2.19. The van der Waals surface area contributed by atoms with Crippen LogP contribution in [0.5, 0.6) is 0 Å². The van der Waals surface area contributed by atoms with Crippen molar-refractivity contribution in [3.8, 4) is 0 Å². The number of rotatable bonds is 5. The van der Waals surface area contributed by atoms with Crippen LogP contribution in [-0.4, -0.2) is 31.3 Å². The normalized spacial score (nSPS) is 10.7. The molecule has 9 heteroatoms. The lowest BCUT2D eigenvalue weighted by Gasteiger charge is -2.03. The Morgan fingerprint density at radius 2 is 1.18 bits per heavy atom. The fraction of sp³-hybridized carbons (Fsp3) is 0.211. The summed E-state index contributed by atoms with van der Waals surface area (Å²) in [6, 6.07) is 4.77. The zero-order valence-corrected chi connectivity index (χ0v) is 16.1. The number of aryl methyl sites for hydroxylation is 3. The highest BCUT2D eigenvalue weighted by atomic mass is 16.2. The number of ketones is 1. The van der Waals surface area contributed by atoms with Crippen LogP contribution in [0.3, 0.4) is 0 Å². The molecule has 28 heavy (non-hydrogen) atoms. The minimum atomic E-state index is -0.355. The molecule has 0 bridgehead atoms. The van der Waals surface area contributed by atoms with Crippen molar-refractivity contribution in [3.63, 3.8) is 0 Å². The van der Waals surface area contributed by atoms with Crippen molar-refractivity contribution in [2.45, 2.75) is 6.92 Å². The molecule has 2 amide bonds. The molecule has 0 radical (unpaired) electrons. The third kappa shape index (κ3) is 3.68. The van der Waals surface area contributed by atoms with Crippen LogP contribution in [-0.2, 0) is 21.1 Å². The van der Waals surface area contributed by atoms with Gasteiger partial charge in [0.05, 0.1) is 22.8 Å². The van der Waals surface area contributed by atoms with Crippen LogP contribution < -0.4 is 16.4 Å². The maximum Gasteiger partial charge on any atom is 0.272 e. The second kappa shape index (κ2) is 7.10. The molecular formula is C19H22N6O3. The van der Waals surface area contributed by atoms with Gasteiger partial charge in [0.15, 0.2) is 5.78 Å². The minimum Gasteiger partial charge on any atom is -0.397 e. The molecule has 3 heterocycles. The van der Waals surface area contributed by atoms with E-state index in [-0.39, 0.29) is 17.6 Å². The zero-order chi connectivity index (χ0) is 20.6. The van der Waals surface area contributed by atoms with Gasteiger partial charge in [-0.25, -0.2) is 0 Å². The number of nitrogens with one attached hydrogen (secondary N) is 2. The summed E-state index contributed by atoms with van der Waals surface area (Å²) in [5.41, 5.74) is 8.46. The molecule has 146 valence electrons. The number of carbonyl (C=O) groups excluding carboxylic acids is 3. The second-order valence-corrected chi connectivity index (χ2v) is 6.68. The first-order valence-electron chi connectivity index (χ1n) is 8.54. The van der Waals surface area contributed by atoms with E-state index in [1.807, 2.05) is 0 Å². The summed E-state index contributed by atoms with van der Waals surface area (Å²) >= 11 is 0. The minimum absolute atomic E-state index is 0.0897. The van der Waals surface area contributed by atoms with Crippen molar-refractivity contribution in [3.05, 3.63) is 53.9 Å². The molecule has 0 saturated heterocycles. The maximum atomic E-state index is 12.6. The summed E-state index contributed by atoms with van der Waals surface area (Å²) in [6.45, 7) is 1.47. The van der Waals surface area contributed by atoms with Gasteiger partial charge in [0, 0.05) is 46.7 Å². The molecule has 9 nitrogen and oxygen atoms in total. The molecule has 0 aliphatic heterocycles. The number of nitrogens with two attached hydrogens (primary N) is 1. The van der Waals surface area contributed by atoms with Crippen LogP contribution in [0.25, 0.3) is 0 Å². The first-order valence-corrected chi connectivity index (χ1v) is 8.54. The molecular weight excluding hydrogens is 360 g/mol. The maximum absolute atomic E-state index is 12.6. The van der Waals surface area contributed by atoms with E-state index in [1.54, 1.807) is 71.6 Å². The molecule has 0 unspecified atom stereocenters.